The number of hydrogen-bond acceptors (Lipinski definition) is 4. The number of rotatable bonds is 4. The summed E-state index contributed by atoms with van der Waals surface area (Å²) < 4.78 is 4.62. The van der Waals surface area contributed by atoms with E-state index in [1.54, 1.807) is 29.2 Å². The molecule has 128 valence electrons. The van der Waals surface area contributed by atoms with Crippen LogP contribution in [0.4, 0.5) is 11.4 Å². The van der Waals surface area contributed by atoms with Crippen molar-refractivity contribution in [3.8, 4) is 0 Å². The average molecular weight is 338 g/mol. The van der Waals surface area contributed by atoms with Crippen LogP contribution in [0.1, 0.15) is 22.3 Å². The fourth-order valence-corrected chi connectivity index (χ4v) is 2.84. The molecule has 0 aliphatic carbocycles. The van der Waals surface area contributed by atoms with Crippen LogP contribution in [-0.4, -0.2) is 31.4 Å². The first-order chi connectivity index (χ1) is 12.1. The molecule has 0 spiro atoms. The number of carbonyl (C=O) groups is 3. The smallest absolute Gasteiger partial charge is 0.337 e. The minimum Gasteiger partial charge on any atom is -0.465 e. The molecular formula is C19H18N2O4. The topological polar surface area (TPSA) is 75.7 Å². The number of hydrogen-bond donors (Lipinski definition) is 1. The van der Waals surface area contributed by atoms with Crippen molar-refractivity contribution in [2.45, 2.75) is 12.8 Å². The van der Waals surface area contributed by atoms with Crippen LogP contribution in [0.15, 0.2) is 48.5 Å². The van der Waals surface area contributed by atoms with Crippen molar-refractivity contribution in [2.75, 3.05) is 23.9 Å². The van der Waals surface area contributed by atoms with Gasteiger partial charge in [-0.1, -0.05) is 18.2 Å². The Kier molecular flexibility index (Phi) is 4.79. The third-order valence-electron chi connectivity index (χ3n) is 4.09. The van der Waals surface area contributed by atoms with E-state index in [4.69, 9.17) is 0 Å². The van der Waals surface area contributed by atoms with Gasteiger partial charge in [0.15, 0.2) is 0 Å². The molecule has 0 bridgehead atoms. The van der Waals surface area contributed by atoms with Crippen molar-refractivity contribution in [1.82, 2.24) is 0 Å². The first kappa shape index (κ1) is 16.7. The Morgan fingerprint density at radius 2 is 1.80 bits per heavy atom. The summed E-state index contributed by atoms with van der Waals surface area (Å²) in [7, 11) is 1.31. The molecule has 0 atom stereocenters. The van der Waals surface area contributed by atoms with E-state index in [-0.39, 0.29) is 18.2 Å². The fourth-order valence-electron chi connectivity index (χ4n) is 2.84. The zero-order chi connectivity index (χ0) is 17.8. The molecule has 0 unspecified atom stereocenters. The van der Waals surface area contributed by atoms with Gasteiger partial charge in [-0.3, -0.25) is 9.59 Å². The van der Waals surface area contributed by atoms with Gasteiger partial charge in [0.1, 0.15) is 6.42 Å². The molecule has 0 fully saturated rings. The molecule has 3 rings (SSSR count). The van der Waals surface area contributed by atoms with Crippen molar-refractivity contribution in [2.24, 2.45) is 0 Å². The second-order valence-electron chi connectivity index (χ2n) is 5.72. The quantitative estimate of drug-likeness (QED) is 0.686. The fraction of sp³-hybridized carbons (Fsp3) is 0.211. The molecule has 1 aliphatic rings. The summed E-state index contributed by atoms with van der Waals surface area (Å²) in [5, 5.41) is 2.67. The Balaban J connectivity index is 1.59. The van der Waals surface area contributed by atoms with Crippen molar-refractivity contribution in [3.05, 3.63) is 59.7 Å². The maximum absolute atomic E-state index is 12.4. The van der Waals surface area contributed by atoms with Crippen molar-refractivity contribution >= 4 is 29.2 Å². The van der Waals surface area contributed by atoms with E-state index in [2.05, 4.69) is 10.1 Å². The van der Waals surface area contributed by atoms with Crippen LogP contribution in [-0.2, 0) is 20.7 Å². The molecule has 0 radical (unpaired) electrons. The predicted molar refractivity (Wildman–Crippen MR) is 93.5 cm³/mol. The molecule has 6 nitrogen and oxygen atoms in total. The first-order valence-corrected chi connectivity index (χ1v) is 7.95. The van der Waals surface area contributed by atoms with E-state index >= 15 is 0 Å². The van der Waals surface area contributed by atoms with Crippen molar-refractivity contribution < 1.29 is 19.1 Å². The zero-order valence-electron chi connectivity index (χ0n) is 13.8. The summed E-state index contributed by atoms with van der Waals surface area (Å²) in [4.78, 5) is 37.5. The third kappa shape index (κ3) is 3.68. The number of para-hydroxylation sites is 1. The Morgan fingerprint density at radius 3 is 2.52 bits per heavy atom. The van der Waals surface area contributed by atoms with E-state index < -0.39 is 5.97 Å². The van der Waals surface area contributed by atoms with E-state index in [1.807, 2.05) is 24.3 Å². The monoisotopic (exact) mass is 338 g/mol. The normalized spacial score (nSPS) is 12.4. The number of fused-ring (bicyclic) bond motifs is 1. The number of esters is 1. The molecule has 6 heteroatoms. The highest BCUT2D eigenvalue weighted by atomic mass is 16.5. The molecule has 2 aromatic carbocycles. The second-order valence-corrected chi connectivity index (χ2v) is 5.72. The second kappa shape index (κ2) is 7.17. The Bertz CT molecular complexity index is 814. The lowest BCUT2D eigenvalue weighted by molar-refractivity contribution is -0.125. The lowest BCUT2D eigenvalue weighted by atomic mass is 10.2. The van der Waals surface area contributed by atoms with Crippen LogP contribution in [0.2, 0.25) is 0 Å². The van der Waals surface area contributed by atoms with Gasteiger partial charge in [-0.2, -0.15) is 0 Å². The van der Waals surface area contributed by atoms with Crippen LogP contribution < -0.4 is 10.2 Å². The van der Waals surface area contributed by atoms with E-state index in [9.17, 15) is 14.4 Å². The Morgan fingerprint density at radius 1 is 1.08 bits per heavy atom. The Hall–Kier alpha value is -3.15. The number of methoxy groups -OCH3 is 1. The number of ether oxygens (including phenoxy) is 1. The number of carbonyl (C=O) groups excluding carboxylic acids is 3. The maximum Gasteiger partial charge on any atom is 0.337 e. The van der Waals surface area contributed by atoms with Gasteiger partial charge in [0.25, 0.3) is 0 Å². The van der Waals surface area contributed by atoms with E-state index in [1.165, 1.54) is 7.11 Å². The van der Waals surface area contributed by atoms with Crippen LogP contribution >= 0.6 is 0 Å². The zero-order valence-corrected chi connectivity index (χ0v) is 13.8. The molecule has 0 aromatic heterocycles. The summed E-state index contributed by atoms with van der Waals surface area (Å²) in [5.41, 5.74) is 2.91. The average Bonchev–Trinajstić information content (AvgIpc) is 3.06. The van der Waals surface area contributed by atoms with Gasteiger partial charge in [0.05, 0.1) is 12.7 Å². The van der Waals surface area contributed by atoms with Crippen molar-refractivity contribution in [3.63, 3.8) is 0 Å². The molecule has 0 saturated heterocycles. The lowest BCUT2D eigenvalue weighted by Gasteiger charge is -2.17. The van der Waals surface area contributed by atoms with Gasteiger partial charge in [-0.25, -0.2) is 4.79 Å². The first-order valence-electron chi connectivity index (χ1n) is 7.95. The minimum absolute atomic E-state index is 0.228. The number of nitrogens with one attached hydrogen (secondary N) is 1. The highest BCUT2D eigenvalue weighted by molar-refractivity contribution is 6.09. The summed E-state index contributed by atoms with van der Waals surface area (Å²) in [6.45, 7) is 0.597. The summed E-state index contributed by atoms with van der Waals surface area (Å²) in [6.07, 6.45) is 0.575. The molecule has 25 heavy (non-hydrogen) atoms. The predicted octanol–water partition coefficient (Wildman–Crippen LogP) is 2.39. The maximum atomic E-state index is 12.4. The molecule has 2 aromatic rings. The number of benzene rings is 2. The Labute approximate surface area is 145 Å². The van der Waals surface area contributed by atoms with Gasteiger partial charge in [-0.05, 0) is 42.3 Å². The summed E-state index contributed by atoms with van der Waals surface area (Å²) in [5.74, 6) is -1.06. The SMILES string of the molecule is COC(=O)c1ccc(NC(=O)CC(=O)N2CCc3ccccc32)cc1. The van der Waals surface area contributed by atoms with Gasteiger partial charge in [0.2, 0.25) is 11.8 Å². The largest absolute Gasteiger partial charge is 0.465 e. The van der Waals surface area contributed by atoms with Gasteiger partial charge >= 0.3 is 5.97 Å². The van der Waals surface area contributed by atoms with E-state index in [0.29, 0.717) is 17.8 Å². The summed E-state index contributed by atoms with van der Waals surface area (Å²) in [6, 6.07) is 14.0. The van der Waals surface area contributed by atoms with Gasteiger partial charge in [-0.15, -0.1) is 0 Å². The lowest BCUT2D eigenvalue weighted by Crippen LogP contribution is -2.32. The highest BCUT2D eigenvalue weighted by Gasteiger charge is 2.25. The van der Waals surface area contributed by atoms with Gasteiger partial charge in [0, 0.05) is 17.9 Å². The van der Waals surface area contributed by atoms with Crippen LogP contribution in [0, 0.1) is 0 Å². The molecule has 1 heterocycles. The number of nitrogens with zero attached hydrogens (tertiary/aromatic N) is 1. The minimum atomic E-state index is -0.444. The highest BCUT2D eigenvalue weighted by Crippen LogP contribution is 2.27. The standard InChI is InChI=1S/C19H18N2O4/c1-25-19(24)14-6-8-15(9-7-14)20-17(22)12-18(23)21-11-10-13-4-2-3-5-16(13)21/h2-9H,10-12H2,1H3,(H,20,22). The molecule has 0 saturated carbocycles. The molecule has 1 N–H and O–H groups in total. The summed E-state index contributed by atoms with van der Waals surface area (Å²) >= 11 is 0. The number of anilines is 2. The molecule has 1 aliphatic heterocycles. The van der Waals surface area contributed by atoms with Crippen molar-refractivity contribution in [1.29, 1.82) is 0 Å². The van der Waals surface area contributed by atoms with Crippen LogP contribution in [0.25, 0.3) is 0 Å². The van der Waals surface area contributed by atoms with Gasteiger partial charge < -0.3 is 15.0 Å². The molecular weight excluding hydrogens is 320 g/mol. The molecule has 2 amide bonds. The number of amides is 2. The van der Waals surface area contributed by atoms with E-state index in [0.717, 1.165) is 17.7 Å². The third-order valence-corrected chi connectivity index (χ3v) is 4.09. The van der Waals surface area contributed by atoms with Crippen LogP contribution in [0.5, 0.6) is 0 Å². The van der Waals surface area contributed by atoms with Crippen LogP contribution in [0.3, 0.4) is 0 Å².